The van der Waals surface area contributed by atoms with Crippen LogP contribution in [0.5, 0.6) is 0 Å². The number of hydrogen-bond acceptors (Lipinski definition) is 6. The zero-order valence-corrected chi connectivity index (χ0v) is 21.4. The lowest BCUT2D eigenvalue weighted by Gasteiger charge is -2.32. The van der Waals surface area contributed by atoms with Crippen LogP contribution in [0.25, 0.3) is 0 Å². The molecule has 1 saturated carbocycles. The minimum atomic E-state index is -0.810. The molecule has 0 spiro atoms. The van der Waals surface area contributed by atoms with Gasteiger partial charge < -0.3 is 16.0 Å². The number of carbonyl (C=O) groups excluding carboxylic acids is 3. The summed E-state index contributed by atoms with van der Waals surface area (Å²) in [5.74, 6) is -0.618. The van der Waals surface area contributed by atoms with Gasteiger partial charge in [0, 0.05) is 18.7 Å². The Bertz CT molecular complexity index is 1420. The standard InChI is InChI=1S/C27H24ClN5O3S/c28-20-6-5-19(24(35)33-11-7-18(8-12-33)17-3-1-16(14-29)2-4-17)13-21(20)32-25(36)27(9-10-27)26-31-15-22(37-26)23(30)34/h1-6,13,15,18H,7-12H2,(H2,30,34)(H,32,36). The van der Waals surface area contributed by atoms with Gasteiger partial charge in [0.05, 0.1) is 28.5 Å². The number of anilines is 1. The maximum atomic E-state index is 13.3. The van der Waals surface area contributed by atoms with Crippen LogP contribution in [0.4, 0.5) is 5.69 Å². The van der Waals surface area contributed by atoms with Crippen LogP contribution in [0.3, 0.4) is 0 Å². The summed E-state index contributed by atoms with van der Waals surface area (Å²) in [6, 6.07) is 14.7. The van der Waals surface area contributed by atoms with Gasteiger partial charge in [0.15, 0.2) is 0 Å². The quantitative estimate of drug-likeness (QED) is 0.483. The Morgan fingerprint density at radius 3 is 2.43 bits per heavy atom. The number of nitrogens with one attached hydrogen (secondary N) is 1. The number of carbonyl (C=O) groups is 3. The summed E-state index contributed by atoms with van der Waals surface area (Å²) in [4.78, 5) is 44.3. The van der Waals surface area contributed by atoms with E-state index in [0.29, 0.717) is 63.6 Å². The molecule has 2 heterocycles. The van der Waals surface area contributed by atoms with E-state index in [9.17, 15) is 14.4 Å². The molecule has 37 heavy (non-hydrogen) atoms. The summed E-state index contributed by atoms with van der Waals surface area (Å²) in [5.41, 5.74) is 7.15. The first kappa shape index (κ1) is 24.9. The smallest absolute Gasteiger partial charge is 0.260 e. The van der Waals surface area contributed by atoms with Crippen LogP contribution in [0, 0.1) is 11.3 Å². The van der Waals surface area contributed by atoms with Crippen LogP contribution >= 0.6 is 22.9 Å². The van der Waals surface area contributed by atoms with Crippen LogP contribution in [-0.2, 0) is 10.2 Å². The van der Waals surface area contributed by atoms with Crippen molar-refractivity contribution in [3.63, 3.8) is 0 Å². The van der Waals surface area contributed by atoms with Crippen molar-refractivity contribution >= 4 is 46.3 Å². The third-order valence-electron chi connectivity index (χ3n) is 7.10. The predicted molar refractivity (Wildman–Crippen MR) is 141 cm³/mol. The number of nitrogens with two attached hydrogens (primary N) is 1. The molecule has 0 unspecified atom stereocenters. The second-order valence-electron chi connectivity index (χ2n) is 9.43. The lowest BCUT2D eigenvalue weighted by atomic mass is 9.89. The molecule has 0 atom stereocenters. The van der Waals surface area contributed by atoms with Gasteiger partial charge in [0.1, 0.15) is 15.3 Å². The second-order valence-corrected chi connectivity index (χ2v) is 10.9. The Balaban J connectivity index is 1.25. The Labute approximate surface area is 223 Å². The summed E-state index contributed by atoms with van der Waals surface area (Å²) < 4.78 is 0. The molecule has 3 N–H and O–H groups in total. The normalized spacial score (nSPS) is 16.6. The first-order valence-electron chi connectivity index (χ1n) is 12.0. The van der Waals surface area contributed by atoms with Gasteiger partial charge in [-0.15, -0.1) is 11.3 Å². The molecule has 1 aliphatic heterocycles. The summed E-state index contributed by atoms with van der Waals surface area (Å²) >= 11 is 7.49. The number of primary amides is 1. The van der Waals surface area contributed by atoms with E-state index in [1.54, 1.807) is 18.2 Å². The Morgan fingerprint density at radius 2 is 1.84 bits per heavy atom. The molecule has 0 radical (unpaired) electrons. The van der Waals surface area contributed by atoms with E-state index in [-0.39, 0.29) is 11.8 Å². The second kappa shape index (κ2) is 9.96. The monoisotopic (exact) mass is 533 g/mol. The molecule has 0 bridgehead atoms. The van der Waals surface area contributed by atoms with E-state index in [1.807, 2.05) is 29.2 Å². The largest absolute Gasteiger partial charge is 0.365 e. The number of piperidine rings is 1. The molecule has 8 nitrogen and oxygen atoms in total. The first-order chi connectivity index (χ1) is 17.8. The number of aromatic nitrogens is 1. The summed E-state index contributed by atoms with van der Waals surface area (Å²) in [6.45, 7) is 1.23. The number of halogens is 1. The van der Waals surface area contributed by atoms with Gasteiger partial charge >= 0.3 is 0 Å². The van der Waals surface area contributed by atoms with Crippen molar-refractivity contribution in [2.75, 3.05) is 18.4 Å². The number of hydrogen-bond donors (Lipinski definition) is 2. The van der Waals surface area contributed by atoms with Crippen LogP contribution in [-0.4, -0.2) is 40.7 Å². The van der Waals surface area contributed by atoms with Crippen molar-refractivity contribution < 1.29 is 14.4 Å². The van der Waals surface area contributed by atoms with E-state index in [1.165, 1.54) is 11.8 Å². The maximum Gasteiger partial charge on any atom is 0.260 e. The van der Waals surface area contributed by atoms with Gasteiger partial charge in [-0.3, -0.25) is 14.4 Å². The molecule has 2 aromatic carbocycles. The average molecular weight is 534 g/mol. The third kappa shape index (κ3) is 4.95. The van der Waals surface area contributed by atoms with E-state index < -0.39 is 11.3 Å². The van der Waals surface area contributed by atoms with E-state index in [4.69, 9.17) is 22.6 Å². The Morgan fingerprint density at radius 1 is 1.14 bits per heavy atom. The number of likely N-dealkylation sites (tertiary alicyclic amines) is 1. The van der Waals surface area contributed by atoms with E-state index in [0.717, 1.165) is 24.2 Å². The Kier molecular flexibility index (Phi) is 6.71. The number of nitrogens with zero attached hydrogens (tertiary/aromatic N) is 3. The first-order valence-corrected chi connectivity index (χ1v) is 13.2. The minimum Gasteiger partial charge on any atom is -0.365 e. The maximum absolute atomic E-state index is 13.3. The zero-order valence-electron chi connectivity index (χ0n) is 19.9. The minimum absolute atomic E-state index is 0.113. The third-order valence-corrected chi connectivity index (χ3v) is 8.64. The van der Waals surface area contributed by atoms with Crippen LogP contribution in [0.15, 0.2) is 48.7 Å². The van der Waals surface area contributed by atoms with Crippen molar-refractivity contribution in [2.45, 2.75) is 37.0 Å². The molecule has 1 aliphatic carbocycles. The van der Waals surface area contributed by atoms with Crippen molar-refractivity contribution in [1.82, 2.24) is 9.88 Å². The van der Waals surface area contributed by atoms with Crippen LogP contribution < -0.4 is 11.1 Å². The molecular formula is C27H24ClN5O3S. The molecule has 2 aliphatic rings. The SMILES string of the molecule is N#Cc1ccc(C2CCN(C(=O)c3ccc(Cl)c(NC(=O)C4(c5ncc(C(N)=O)s5)CC4)c3)CC2)cc1. The molecule has 1 saturated heterocycles. The van der Waals surface area contributed by atoms with Gasteiger partial charge in [0.2, 0.25) is 5.91 Å². The van der Waals surface area contributed by atoms with Gasteiger partial charge in [-0.1, -0.05) is 23.7 Å². The highest BCUT2D eigenvalue weighted by Crippen LogP contribution is 2.50. The number of thiazole rings is 1. The van der Waals surface area contributed by atoms with Gasteiger partial charge in [-0.2, -0.15) is 5.26 Å². The predicted octanol–water partition coefficient (Wildman–Crippen LogP) is 4.46. The molecule has 3 amide bonds. The average Bonchev–Trinajstić information content (AvgIpc) is 3.58. The lowest BCUT2D eigenvalue weighted by Crippen LogP contribution is -2.38. The molecule has 1 aromatic heterocycles. The number of amides is 3. The summed E-state index contributed by atoms with van der Waals surface area (Å²) in [5, 5.41) is 12.7. The van der Waals surface area contributed by atoms with Gasteiger partial charge in [-0.05, 0) is 67.5 Å². The van der Waals surface area contributed by atoms with E-state index in [2.05, 4.69) is 16.4 Å². The lowest BCUT2D eigenvalue weighted by molar-refractivity contribution is -0.118. The van der Waals surface area contributed by atoms with Gasteiger partial charge in [0.25, 0.3) is 11.8 Å². The van der Waals surface area contributed by atoms with Crippen molar-refractivity contribution in [2.24, 2.45) is 5.73 Å². The van der Waals surface area contributed by atoms with Crippen molar-refractivity contribution in [3.05, 3.63) is 80.3 Å². The fraction of sp³-hybridized carbons (Fsp3) is 0.296. The number of nitriles is 1. The number of benzene rings is 2. The van der Waals surface area contributed by atoms with Crippen LogP contribution in [0.2, 0.25) is 5.02 Å². The summed E-state index contributed by atoms with van der Waals surface area (Å²) in [6.07, 6.45) is 4.27. The fourth-order valence-electron chi connectivity index (χ4n) is 4.70. The topological polar surface area (TPSA) is 129 Å². The Hall–Kier alpha value is -3.74. The molecule has 2 fully saturated rings. The number of rotatable bonds is 6. The molecule has 10 heteroatoms. The summed E-state index contributed by atoms with van der Waals surface area (Å²) in [7, 11) is 0. The van der Waals surface area contributed by atoms with Crippen molar-refractivity contribution in [3.8, 4) is 6.07 Å². The van der Waals surface area contributed by atoms with E-state index >= 15 is 0 Å². The molecule has 188 valence electrons. The molecule has 3 aromatic rings. The fourth-order valence-corrected chi connectivity index (χ4v) is 5.87. The highest BCUT2D eigenvalue weighted by molar-refractivity contribution is 7.14. The zero-order chi connectivity index (χ0) is 26.2. The molecule has 5 rings (SSSR count). The molecular weight excluding hydrogens is 510 g/mol. The van der Waals surface area contributed by atoms with Crippen molar-refractivity contribution in [1.29, 1.82) is 5.26 Å². The highest BCUT2D eigenvalue weighted by atomic mass is 35.5. The van der Waals surface area contributed by atoms with Gasteiger partial charge in [-0.25, -0.2) is 4.98 Å². The van der Waals surface area contributed by atoms with Crippen LogP contribution in [0.1, 0.15) is 67.8 Å². The highest BCUT2D eigenvalue weighted by Gasteiger charge is 2.54.